The molecule has 9 heteroatoms. The highest BCUT2D eigenvalue weighted by Crippen LogP contribution is 2.19. The zero-order valence-electron chi connectivity index (χ0n) is 16.8. The molecule has 0 bridgehead atoms. The molecular weight excluding hydrogens is 423 g/mol. The molecule has 0 spiro atoms. The van der Waals surface area contributed by atoms with Gasteiger partial charge >= 0.3 is 12.2 Å². The molecule has 32 heavy (non-hydrogen) atoms. The molecule has 0 heterocycles. The predicted molar refractivity (Wildman–Crippen MR) is 115 cm³/mol. The minimum atomic E-state index is -4.40. The van der Waals surface area contributed by atoms with E-state index in [2.05, 4.69) is 20.7 Å². The van der Waals surface area contributed by atoms with E-state index in [0.29, 0.717) is 22.5 Å². The third-order valence-electron chi connectivity index (χ3n) is 4.22. The average Bonchev–Trinajstić information content (AvgIpc) is 2.77. The third kappa shape index (κ3) is 7.35. The summed E-state index contributed by atoms with van der Waals surface area (Å²) in [5.41, 5.74) is 2.27. The summed E-state index contributed by atoms with van der Waals surface area (Å²) < 4.78 is 41.2. The molecule has 0 aliphatic heterocycles. The molecule has 3 aromatic rings. The van der Waals surface area contributed by atoms with Crippen LogP contribution in [0.4, 0.5) is 29.3 Å². The van der Waals surface area contributed by atoms with Gasteiger partial charge in [-0.25, -0.2) is 4.79 Å². The lowest BCUT2D eigenvalue weighted by atomic mass is 10.1. The summed E-state index contributed by atoms with van der Waals surface area (Å²) >= 11 is 0. The Balaban J connectivity index is 1.46. The summed E-state index contributed by atoms with van der Waals surface area (Å²) in [5.74, 6) is -0.237. The topological polar surface area (TPSA) is 79.5 Å². The van der Waals surface area contributed by atoms with Crippen LogP contribution >= 0.6 is 0 Å². The van der Waals surface area contributed by atoms with E-state index < -0.39 is 18.8 Å². The molecule has 3 aromatic carbocycles. The average molecular weight is 443 g/mol. The normalized spacial score (nSPS) is 10.8. The molecule has 166 valence electrons. The van der Waals surface area contributed by atoms with E-state index in [9.17, 15) is 22.8 Å². The van der Waals surface area contributed by atoms with E-state index in [1.807, 2.05) is 6.07 Å². The highest BCUT2D eigenvalue weighted by Gasteiger charge is 2.28. The second-order valence-corrected chi connectivity index (χ2v) is 6.75. The van der Waals surface area contributed by atoms with Crippen molar-refractivity contribution in [2.45, 2.75) is 12.7 Å². The highest BCUT2D eigenvalue weighted by atomic mass is 19.4. The zero-order chi connectivity index (χ0) is 23.0. The van der Waals surface area contributed by atoms with Gasteiger partial charge in [0.2, 0.25) is 0 Å². The number of urea groups is 1. The Bertz CT molecular complexity index is 1040. The van der Waals surface area contributed by atoms with Crippen molar-refractivity contribution >= 4 is 23.3 Å². The molecule has 3 amide bonds. The van der Waals surface area contributed by atoms with Crippen LogP contribution < -0.4 is 20.7 Å². The number of ether oxygens (including phenoxy) is 1. The fourth-order valence-electron chi connectivity index (χ4n) is 2.67. The molecule has 0 aliphatic rings. The van der Waals surface area contributed by atoms with Gasteiger partial charge in [-0.2, -0.15) is 13.2 Å². The molecule has 0 atom stereocenters. The van der Waals surface area contributed by atoms with Gasteiger partial charge in [0.05, 0.1) is 0 Å². The maximum absolute atomic E-state index is 12.3. The van der Waals surface area contributed by atoms with E-state index in [1.54, 1.807) is 60.7 Å². The fourth-order valence-corrected chi connectivity index (χ4v) is 2.67. The van der Waals surface area contributed by atoms with Crippen LogP contribution in [0.5, 0.6) is 5.75 Å². The van der Waals surface area contributed by atoms with Crippen LogP contribution in [-0.4, -0.2) is 24.7 Å². The summed E-state index contributed by atoms with van der Waals surface area (Å²) in [4.78, 5) is 24.3. The molecular formula is C23H20F3N3O3. The number of halogens is 3. The van der Waals surface area contributed by atoms with Crippen molar-refractivity contribution < 1.29 is 27.5 Å². The second kappa shape index (κ2) is 10.3. The Kier molecular flexibility index (Phi) is 7.33. The van der Waals surface area contributed by atoms with E-state index in [0.717, 1.165) is 0 Å². The minimum absolute atomic E-state index is 0.0943. The van der Waals surface area contributed by atoms with Gasteiger partial charge in [0.15, 0.2) is 6.61 Å². The molecule has 3 rings (SSSR count). The number of anilines is 2. The van der Waals surface area contributed by atoms with E-state index in [-0.39, 0.29) is 18.2 Å². The minimum Gasteiger partial charge on any atom is -0.484 e. The van der Waals surface area contributed by atoms with Gasteiger partial charge in [0.25, 0.3) is 5.91 Å². The molecule has 0 aromatic heterocycles. The first-order chi connectivity index (χ1) is 15.3. The lowest BCUT2D eigenvalue weighted by Gasteiger charge is -2.10. The van der Waals surface area contributed by atoms with Gasteiger partial charge in [-0.3, -0.25) is 4.79 Å². The van der Waals surface area contributed by atoms with Crippen molar-refractivity contribution in [3.8, 4) is 5.75 Å². The smallest absolute Gasteiger partial charge is 0.422 e. The Hall–Kier alpha value is -4.01. The molecule has 0 saturated carbocycles. The lowest BCUT2D eigenvalue weighted by Crippen LogP contribution is -2.23. The standard InChI is InChI=1S/C23H20F3N3O3/c24-23(25,26)15-32-20-12-6-16(7-13-20)14-27-21(30)17-8-10-19(11-9-17)29-22(31)28-18-4-2-1-3-5-18/h1-13H,14-15H2,(H,27,30)(H2,28,29,31). The molecule has 0 fully saturated rings. The quantitative estimate of drug-likeness (QED) is 0.470. The zero-order valence-corrected chi connectivity index (χ0v) is 16.8. The first-order valence-corrected chi connectivity index (χ1v) is 9.58. The number of hydrogen-bond acceptors (Lipinski definition) is 3. The van der Waals surface area contributed by atoms with Crippen LogP contribution in [0.15, 0.2) is 78.9 Å². The van der Waals surface area contributed by atoms with Crippen molar-refractivity contribution in [1.29, 1.82) is 0 Å². The number of carbonyl (C=O) groups is 2. The predicted octanol–water partition coefficient (Wildman–Crippen LogP) is 5.20. The summed E-state index contributed by atoms with van der Waals surface area (Å²) in [6.45, 7) is -1.17. The summed E-state index contributed by atoms with van der Waals surface area (Å²) in [5, 5.41) is 8.09. The van der Waals surface area contributed by atoms with Gasteiger partial charge < -0.3 is 20.7 Å². The lowest BCUT2D eigenvalue weighted by molar-refractivity contribution is -0.153. The van der Waals surface area contributed by atoms with Crippen LogP contribution in [0.1, 0.15) is 15.9 Å². The van der Waals surface area contributed by atoms with Crippen LogP contribution in [0.3, 0.4) is 0 Å². The van der Waals surface area contributed by atoms with Gasteiger partial charge in [0, 0.05) is 23.5 Å². The van der Waals surface area contributed by atoms with Crippen LogP contribution in [0, 0.1) is 0 Å². The Morgan fingerprint density at radius 1 is 0.781 bits per heavy atom. The molecule has 0 radical (unpaired) electrons. The first kappa shape index (κ1) is 22.7. The van der Waals surface area contributed by atoms with E-state index >= 15 is 0 Å². The van der Waals surface area contributed by atoms with Crippen molar-refractivity contribution in [2.24, 2.45) is 0 Å². The van der Waals surface area contributed by atoms with Gasteiger partial charge in [-0.05, 0) is 54.1 Å². The molecule has 6 nitrogen and oxygen atoms in total. The molecule has 0 aliphatic carbocycles. The summed E-state index contributed by atoms with van der Waals surface area (Å²) in [6, 6.07) is 20.9. The number of alkyl halides is 3. The van der Waals surface area contributed by atoms with E-state index in [4.69, 9.17) is 0 Å². The number of rotatable bonds is 7. The molecule has 3 N–H and O–H groups in total. The van der Waals surface area contributed by atoms with Gasteiger partial charge in [-0.15, -0.1) is 0 Å². The van der Waals surface area contributed by atoms with Gasteiger partial charge in [-0.1, -0.05) is 30.3 Å². The van der Waals surface area contributed by atoms with Crippen LogP contribution in [0.2, 0.25) is 0 Å². The van der Waals surface area contributed by atoms with Crippen molar-refractivity contribution in [3.63, 3.8) is 0 Å². The largest absolute Gasteiger partial charge is 0.484 e. The van der Waals surface area contributed by atoms with Gasteiger partial charge in [0.1, 0.15) is 5.75 Å². The number of para-hydroxylation sites is 1. The molecule has 0 saturated heterocycles. The number of benzene rings is 3. The Morgan fingerprint density at radius 2 is 1.38 bits per heavy atom. The number of nitrogens with one attached hydrogen (secondary N) is 3. The SMILES string of the molecule is O=C(Nc1ccccc1)Nc1ccc(C(=O)NCc2ccc(OCC(F)(F)F)cc2)cc1. The third-order valence-corrected chi connectivity index (χ3v) is 4.22. The maximum atomic E-state index is 12.3. The van der Waals surface area contributed by atoms with Crippen molar-refractivity contribution in [1.82, 2.24) is 5.32 Å². The highest BCUT2D eigenvalue weighted by molar-refractivity contribution is 6.00. The number of amides is 3. The summed E-state index contributed by atoms with van der Waals surface area (Å²) in [7, 11) is 0. The number of hydrogen-bond donors (Lipinski definition) is 3. The first-order valence-electron chi connectivity index (χ1n) is 9.58. The number of carbonyl (C=O) groups excluding carboxylic acids is 2. The summed E-state index contributed by atoms with van der Waals surface area (Å²) in [6.07, 6.45) is -4.40. The maximum Gasteiger partial charge on any atom is 0.422 e. The van der Waals surface area contributed by atoms with Crippen LogP contribution in [0.25, 0.3) is 0 Å². The monoisotopic (exact) mass is 443 g/mol. The Morgan fingerprint density at radius 3 is 1.97 bits per heavy atom. The van der Waals surface area contributed by atoms with Crippen molar-refractivity contribution in [3.05, 3.63) is 90.0 Å². The fraction of sp³-hybridized carbons (Fsp3) is 0.130. The van der Waals surface area contributed by atoms with Crippen LogP contribution in [-0.2, 0) is 6.54 Å². The second-order valence-electron chi connectivity index (χ2n) is 6.75. The van der Waals surface area contributed by atoms with E-state index in [1.165, 1.54) is 12.1 Å². The van der Waals surface area contributed by atoms with Crippen molar-refractivity contribution in [2.75, 3.05) is 17.2 Å². The molecule has 0 unspecified atom stereocenters. The Labute approximate surface area is 182 Å².